The van der Waals surface area contributed by atoms with Gasteiger partial charge in [-0.2, -0.15) is 0 Å². The number of rotatable bonds is 1. The molecule has 3 rings (SSSR count). The Kier molecular flexibility index (Phi) is 3.08. The highest BCUT2D eigenvalue weighted by Gasteiger charge is 2.13. The average molecular weight is 308 g/mol. The van der Waals surface area contributed by atoms with E-state index in [0.717, 1.165) is 0 Å². The summed E-state index contributed by atoms with van der Waals surface area (Å²) in [6.07, 6.45) is 0. The number of benzene rings is 1. The van der Waals surface area contributed by atoms with Crippen molar-refractivity contribution < 1.29 is 0 Å². The zero-order chi connectivity index (χ0) is 14.3. The van der Waals surface area contributed by atoms with Crippen LogP contribution in [0.25, 0.3) is 16.7 Å². The first-order chi connectivity index (χ1) is 9.58. The first-order valence-corrected chi connectivity index (χ1v) is 6.40. The third kappa shape index (κ3) is 2.01. The van der Waals surface area contributed by atoms with E-state index in [1.807, 2.05) is 0 Å². The van der Waals surface area contributed by atoms with Gasteiger partial charge in [0, 0.05) is 0 Å². The molecule has 0 aliphatic rings. The van der Waals surface area contributed by atoms with Gasteiger partial charge in [0.25, 0.3) is 5.56 Å². The largest absolute Gasteiger partial charge is 0.334 e. The molecule has 0 spiro atoms. The van der Waals surface area contributed by atoms with Crippen molar-refractivity contribution in [3.63, 3.8) is 0 Å². The van der Waals surface area contributed by atoms with Gasteiger partial charge in [-0.25, -0.2) is 14.3 Å². The van der Waals surface area contributed by atoms with E-state index in [1.54, 1.807) is 24.3 Å². The molecular weight excluding hydrogens is 301 g/mol. The van der Waals surface area contributed by atoms with Gasteiger partial charge in [-0.15, -0.1) is 0 Å². The molecule has 0 amide bonds. The lowest BCUT2D eigenvalue weighted by atomic mass is 10.3. The van der Waals surface area contributed by atoms with E-state index in [0.29, 0.717) is 10.7 Å². The SMILES string of the molecule is O=c1[nH]c(=O)n(-c2ccccc2Cl)c2nc(Cl)ccc12. The maximum Gasteiger partial charge on any atom is 0.334 e. The minimum atomic E-state index is -0.620. The number of hydrogen-bond acceptors (Lipinski definition) is 3. The minimum Gasteiger partial charge on any atom is -0.273 e. The molecule has 20 heavy (non-hydrogen) atoms. The van der Waals surface area contributed by atoms with Gasteiger partial charge in [0.05, 0.1) is 16.1 Å². The zero-order valence-corrected chi connectivity index (χ0v) is 11.4. The van der Waals surface area contributed by atoms with E-state index in [1.165, 1.54) is 16.7 Å². The van der Waals surface area contributed by atoms with E-state index < -0.39 is 11.2 Å². The maximum atomic E-state index is 12.1. The molecule has 0 aliphatic heterocycles. The number of H-pyrrole nitrogens is 1. The van der Waals surface area contributed by atoms with Crippen LogP contribution in [0.4, 0.5) is 0 Å². The molecule has 0 aliphatic carbocycles. The summed E-state index contributed by atoms with van der Waals surface area (Å²) >= 11 is 11.9. The monoisotopic (exact) mass is 307 g/mol. The van der Waals surface area contributed by atoms with E-state index >= 15 is 0 Å². The highest BCUT2D eigenvalue weighted by Crippen LogP contribution is 2.21. The number of para-hydroxylation sites is 1. The van der Waals surface area contributed by atoms with Gasteiger partial charge in [0.15, 0.2) is 5.65 Å². The number of fused-ring (bicyclic) bond motifs is 1. The van der Waals surface area contributed by atoms with Gasteiger partial charge in [-0.05, 0) is 24.3 Å². The first kappa shape index (κ1) is 12.9. The number of nitrogens with one attached hydrogen (secondary N) is 1. The molecule has 5 nitrogen and oxygen atoms in total. The predicted molar refractivity (Wildman–Crippen MR) is 78.0 cm³/mol. The number of aromatic nitrogens is 3. The van der Waals surface area contributed by atoms with Crippen LogP contribution in [0.15, 0.2) is 46.0 Å². The summed E-state index contributed by atoms with van der Waals surface area (Å²) in [4.78, 5) is 30.2. The second-order valence-corrected chi connectivity index (χ2v) is 4.85. The fourth-order valence-electron chi connectivity index (χ4n) is 1.95. The van der Waals surface area contributed by atoms with Crippen molar-refractivity contribution in [3.8, 4) is 5.69 Å². The molecule has 0 bridgehead atoms. The highest BCUT2D eigenvalue weighted by molar-refractivity contribution is 6.32. The van der Waals surface area contributed by atoms with Crippen molar-refractivity contribution in [2.24, 2.45) is 0 Å². The molecule has 0 fully saturated rings. The molecule has 3 aromatic rings. The molecule has 0 radical (unpaired) electrons. The lowest BCUT2D eigenvalue weighted by Crippen LogP contribution is -2.30. The normalized spacial score (nSPS) is 10.9. The van der Waals surface area contributed by atoms with Gasteiger partial charge in [0.1, 0.15) is 5.15 Å². The van der Waals surface area contributed by atoms with Crippen molar-refractivity contribution in [2.75, 3.05) is 0 Å². The van der Waals surface area contributed by atoms with Gasteiger partial charge >= 0.3 is 5.69 Å². The Morgan fingerprint density at radius 2 is 1.80 bits per heavy atom. The molecular formula is C13H7Cl2N3O2. The molecule has 100 valence electrons. The van der Waals surface area contributed by atoms with Crippen LogP contribution in [0.1, 0.15) is 0 Å². The summed E-state index contributed by atoms with van der Waals surface area (Å²) in [6.45, 7) is 0. The van der Waals surface area contributed by atoms with Crippen LogP contribution in [0.3, 0.4) is 0 Å². The van der Waals surface area contributed by atoms with Gasteiger partial charge in [-0.1, -0.05) is 35.3 Å². The molecule has 0 saturated heterocycles. The molecule has 0 unspecified atom stereocenters. The van der Waals surface area contributed by atoms with Gasteiger partial charge in [0.2, 0.25) is 0 Å². The molecule has 2 heterocycles. The maximum absolute atomic E-state index is 12.1. The molecule has 1 aromatic carbocycles. The third-order valence-electron chi connectivity index (χ3n) is 2.81. The Hall–Kier alpha value is -2.11. The fraction of sp³-hybridized carbons (Fsp3) is 0. The number of aromatic amines is 1. The van der Waals surface area contributed by atoms with Crippen LogP contribution in [-0.4, -0.2) is 14.5 Å². The minimum absolute atomic E-state index is 0.166. The number of hydrogen-bond donors (Lipinski definition) is 1. The van der Waals surface area contributed by atoms with E-state index in [-0.39, 0.29) is 16.2 Å². The van der Waals surface area contributed by atoms with Crippen molar-refractivity contribution in [1.82, 2.24) is 14.5 Å². The van der Waals surface area contributed by atoms with Crippen LogP contribution in [0, 0.1) is 0 Å². The zero-order valence-electron chi connectivity index (χ0n) is 9.93. The summed E-state index contributed by atoms with van der Waals surface area (Å²) in [5, 5.41) is 0.807. The quantitative estimate of drug-likeness (QED) is 0.702. The predicted octanol–water partition coefficient (Wildman–Crippen LogP) is 2.38. The molecule has 7 heteroatoms. The molecule has 0 saturated carbocycles. The summed E-state index contributed by atoms with van der Waals surface area (Å²) < 4.78 is 1.23. The second kappa shape index (κ2) is 4.77. The summed E-state index contributed by atoms with van der Waals surface area (Å²) in [6, 6.07) is 9.77. The van der Waals surface area contributed by atoms with E-state index in [9.17, 15) is 9.59 Å². The Morgan fingerprint density at radius 1 is 1.05 bits per heavy atom. The van der Waals surface area contributed by atoms with Crippen LogP contribution in [0.5, 0.6) is 0 Å². The fourth-order valence-corrected chi connectivity index (χ4v) is 2.31. The third-order valence-corrected chi connectivity index (χ3v) is 3.34. The van der Waals surface area contributed by atoms with Crippen molar-refractivity contribution in [1.29, 1.82) is 0 Å². The summed E-state index contributed by atoms with van der Waals surface area (Å²) in [7, 11) is 0. The van der Waals surface area contributed by atoms with Crippen molar-refractivity contribution in [2.45, 2.75) is 0 Å². The van der Waals surface area contributed by atoms with E-state index in [4.69, 9.17) is 23.2 Å². The Balaban J connectivity index is 2.54. The van der Waals surface area contributed by atoms with E-state index in [2.05, 4.69) is 9.97 Å². The van der Waals surface area contributed by atoms with Crippen LogP contribution in [0.2, 0.25) is 10.2 Å². The smallest absolute Gasteiger partial charge is 0.273 e. The Bertz CT molecular complexity index is 931. The van der Waals surface area contributed by atoms with Crippen molar-refractivity contribution in [3.05, 3.63) is 67.4 Å². The Labute approximate surface area is 122 Å². The molecule has 2 aromatic heterocycles. The Morgan fingerprint density at radius 3 is 2.55 bits per heavy atom. The molecule has 1 N–H and O–H groups in total. The van der Waals surface area contributed by atoms with Gasteiger partial charge < -0.3 is 0 Å². The van der Waals surface area contributed by atoms with Crippen molar-refractivity contribution >= 4 is 34.2 Å². The highest BCUT2D eigenvalue weighted by atomic mass is 35.5. The van der Waals surface area contributed by atoms with Crippen LogP contribution in [-0.2, 0) is 0 Å². The average Bonchev–Trinajstić information content (AvgIpc) is 2.40. The molecule has 0 atom stereocenters. The first-order valence-electron chi connectivity index (χ1n) is 5.64. The second-order valence-electron chi connectivity index (χ2n) is 4.05. The number of pyridine rings is 1. The number of nitrogens with zero attached hydrogens (tertiary/aromatic N) is 2. The van der Waals surface area contributed by atoms with Crippen LogP contribution < -0.4 is 11.2 Å². The topological polar surface area (TPSA) is 67.8 Å². The number of halogens is 2. The summed E-state index contributed by atoms with van der Waals surface area (Å²) in [5.74, 6) is 0. The van der Waals surface area contributed by atoms with Gasteiger partial charge in [-0.3, -0.25) is 9.78 Å². The lowest BCUT2D eigenvalue weighted by Gasteiger charge is -2.10. The summed E-state index contributed by atoms with van der Waals surface area (Å²) in [5.41, 5.74) is -0.544. The lowest BCUT2D eigenvalue weighted by molar-refractivity contribution is 0.926. The van der Waals surface area contributed by atoms with Crippen LogP contribution >= 0.6 is 23.2 Å². The standard InChI is InChI=1S/C13H7Cl2N3O2/c14-8-3-1-2-4-9(8)18-11-7(5-6-10(15)16-11)12(19)17-13(18)20/h1-6H,(H,17,19,20).